The first-order valence-electron chi connectivity index (χ1n) is 6.24. The Balaban J connectivity index is 1.86. The molecule has 2 aromatic heterocycles. The van der Waals surface area contributed by atoms with Crippen LogP contribution in [0.5, 0.6) is 5.75 Å². The summed E-state index contributed by atoms with van der Waals surface area (Å²) in [5.74, 6) is 1.30. The van der Waals surface area contributed by atoms with Crippen molar-refractivity contribution in [3.63, 3.8) is 0 Å². The van der Waals surface area contributed by atoms with Gasteiger partial charge in [0.15, 0.2) is 0 Å². The first-order chi connectivity index (χ1) is 9.72. The summed E-state index contributed by atoms with van der Waals surface area (Å²) in [7, 11) is 0. The van der Waals surface area contributed by atoms with Crippen LogP contribution in [-0.4, -0.2) is 20.2 Å². The molecule has 0 amide bonds. The van der Waals surface area contributed by atoms with Gasteiger partial charge in [0, 0.05) is 18.0 Å². The Labute approximate surface area is 115 Å². The minimum Gasteiger partial charge on any atom is -0.508 e. The molecule has 0 spiro atoms. The van der Waals surface area contributed by atoms with Crippen LogP contribution in [-0.2, 0) is 6.42 Å². The van der Waals surface area contributed by atoms with E-state index in [4.69, 9.17) is 4.52 Å². The van der Waals surface area contributed by atoms with E-state index in [0.717, 1.165) is 16.7 Å². The second kappa shape index (κ2) is 5.13. The zero-order chi connectivity index (χ0) is 13.9. The molecule has 0 aliphatic carbocycles. The Morgan fingerprint density at radius 1 is 1.25 bits per heavy atom. The van der Waals surface area contributed by atoms with Crippen LogP contribution >= 0.6 is 0 Å². The Bertz CT molecular complexity index is 737. The molecule has 0 fully saturated rings. The molecule has 20 heavy (non-hydrogen) atoms. The van der Waals surface area contributed by atoms with Gasteiger partial charge in [0.05, 0.1) is 6.42 Å². The number of aryl methyl sites for hydroxylation is 1. The second-order valence-corrected chi connectivity index (χ2v) is 4.55. The fourth-order valence-corrected chi connectivity index (χ4v) is 2.00. The molecule has 3 aromatic rings. The maximum absolute atomic E-state index is 9.44. The number of rotatable bonds is 3. The van der Waals surface area contributed by atoms with Crippen LogP contribution in [0.1, 0.15) is 17.0 Å². The lowest BCUT2D eigenvalue weighted by atomic mass is 10.1. The lowest BCUT2D eigenvalue weighted by molar-refractivity contribution is 0.385. The van der Waals surface area contributed by atoms with Gasteiger partial charge in [-0.25, -0.2) is 0 Å². The summed E-state index contributed by atoms with van der Waals surface area (Å²) in [5, 5.41) is 13.4. The number of aromatic nitrogens is 3. The van der Waals surface area contributed by atoms with Crippen LogP contribution in [0.3, 0.4) is 0 Å². The minimum absolute atomic E-state index is 0.229. The van der Waals surface area contributed by atoms with Crippen molar-refractivity contribution in [3.05, 3.63) is 59.7 Å². The van der Waals surface area contributed by atoms with Gasteiger partial charge in [0.25, 0.3) is 0 Å². The van der Waals surface area contributed by atoms with Gasteiger partial charge >= 0.3 is 0 Å². The average molecular weight is 267 g/mol. The summed E-state index contributed by atoms with van der Waals surface area (Å²) in [5.41, 5.74) is 2.83. The van der Waals surface area contributed by atoms with Gasteiger partial charge in [-0.3, -0.25) is 4.98 Å². The molecule has 0 radical (unpaired) electrons. The molecule has 5 nitrogen and oxygen atoms in total. The van der Waals surface area contributed by atoms with Gasteiger partial charge in [-0.05, 0) is 36.2 Å². The summed E-state index contributed by atoms with van der Waals surface area (Å²) in [6.45, 7) is 1.95. The van der Waals surface area contributed by atoms with E-state index in [9.17, 15) is 5.11 Å². The SMILES string of the molecule is Cc1cnccc1-c1noc(Cc2cccc(O)c2)n1. The van der Waals surface area contributed by atoms with Crippen LogP contribution in [0.15, 0.2) is 47.2 Å². The largest absolute Gasteiger partial charge is 0.508 e. The quantitative estimate of drug-likeness (QED) is 0.790. The monoisotopic (exact) mass is 267 g/mol. The fourth-order valence-electron chi connectivity index (χ4n) is 2.00. The number of hydrogen-bond acceptors (Lipinski definition) is 5. The molecular formula is C15H13N3O2. The van der Waals surface area contributed by atoms with Crippen molar-refractivity contribution in [1.82, 2.24) is 15.1 Å². The Morgan fingerprint density at radius 3 is 2.95 bits per heavy atom. The molecule has 0 saturated heterocycles. The summed E-state index contributed by atoms with van der Waals surface area (Å²) in [6, 6.07) is 8.86. The first-order valence-corrected chi connectivity index (χ1v) is 6.24. The normalized spacial score (nSPS) is 10.7. The predicted octanol–water partition coefficient (Wildman–Crippen LogP) is 2.74. The molecule has 1 aromatic carbocycles. The summed E-state index contributed by atoms with van der Waals surface area (Å²) < 4.78 is 5.25. The summed E-state index contributed by atoms with van der Waals surface area (Å²) in [4.78, 5) is 8.42. The summed E-state index contributed by atoms with van der Waals surface area (Å²) in [6.07, 6.45) is 3.96. The molecule has 3 rings (SSSR count). The van der Waals surface area contributed by atoms with E-state index in [1.165, 1.54) is 0 Å². The van der Waals surface area contributed by atoms with E-state index in [2.05, 4.69) is 15.1 Å². The minimum atomic E-state index is 0.229. The highest BCUT2D eigenvalue weighted by Crippen LogP contribution is 2.20. The van der Waals surface area contributed by atoms with Crippen molar-refractivity contribution in [2.75, 3.05) is 0 Å². The summed E-state index contributed by atoms with van der Waals surface area (Å²) >= 11 is 0. The van der Waals surface area contributed by atoms with E-state index in [0.29, 0.717) is 18.1 Å². The van der Waals surface area contributed by atoms with E-state index in [1.54, 1.807) is 30.6 Å². The highest BCUT2D eigenvalue weighted by molar-refractivity contribution is 5.57. The molecule has 2 heterocycles. The average Bonchev–Trinajstić information content (AvgIpc) is 2.87. The third kappa shape index (κ3) is 2.51. The molecule has 0 saturated carbocycles. The van der Waals surface area contributed by atoms with Crippen LogP contribution in [0.25, 0.3) is 11.4 Å². The fraction of sp³-hybridized carbons (Fsp3) is 0.133. The maximum atomic E-state index is 9.44. The number of hydrogen-bond donors (Lipinski definition) is 1. The van der Waals surface area contributed by atoms with E-state index in [-0.39, 0.29) is 5.75 Å². The van der Waals surface area contributed by atoms with E-state index in [1.807, 2.05) is 19.1 Å². The van der Waals surface area contributed by atoms with Crippen molar-refractivity contribution < 1.29 is 9.63 Å². The van der Waals surface area contributed by atoms with E-state index < -0.39 is 0 Å². The third-order valence-corrected chi connectivity index (χ3v) is 3.00. The molecule has 5 heteroatoms. The molecule has 0 bridgehead atoms. The number of nitrogens with zero attached hydrogens (tertiary/aromatic N) is 3. The zero-order valence-corrected chi connectivity index (χ0v) is 10.9. The number of pyridine rings is 1. The standard InChI is InChI=1S/C15H13N3O2/c1-10-9-16-6-5-13(10)15-17-14(20-18-15)8-11-3-2-4-12(19)7-11/h2-7,9,19H,8H2,1H3. The molecule has 100 valence electrons. The van der Waals surface area contributed by atoms with Crippen LogP contribution < -0.4 is 0 Å². The number of aromatic hydroxyl groups is 1. The number of phenolic OH excluding ortho intramolecular Hbond substituents is 1. The van der Waals surface area contributed by atoms with Crippen molar-refractivity contribution in [2.24, 2.45) is 0 Å². The van der Waals surface area contributed by atoms with E-state index >= 15 is 0 Å². The van der Waals surface area contributed by atoms with Crippen molar-refractivity contribution in [2.45, 2.75) is 13.3 Å². The van der Waals surface area contributed by atoms with Gasteiger partial charge in [-0.2, -0.15) is 4.98 Å². The molecule has 0 unspecified atom stereocenters. The maximum Gasteiger partial charge on any atom is 0.231 e. The van der Waals surface area contributed by atoms with Crippen LogP contribution in [0.2, 0.25) is 0 Å². The third-order valence-electron chi connectivity index (χ3n) is 3.00. The molecule has 0 aliphatic heterocycles. The molecular weight excluding hydrogens is 254 g/mol. The lowest BCUT2D eigenvalue weighted by Gasteiger charge is -1.98. The van der Waals surface area contributed by atoms with Gasteiger partial charge < -0.3 is 9.63 Å². The van der Waals surface area contributed by atoms with Gasteiger partial charge in [-0.15, -0.1) is 0 Å². The zero-order valence-electron chi connectivity index (χ0n) is 10.9. The predicted molar refractivity (Wildman–Crippen MR) is 73.2 cm³/mol. The van der Waals surface area contributed by atoms with Crippen LogP contribution in [0, 0.1) is 6.92 Å². The van der Waals surface area contributed by atoms with Gasteiger partial charge in [-0.1, -0.05) is 17.3 Å². The molecule has 0 aliphatic rings. The molecule has 0 atom stereocenters. The second-order valence-electron chi connectivity index (χ2n) is 4.55. The Kier molecular flexibility index (Phi) is 3.16. The number of benzene rings is 1. The first kappa shape index (κ1) is 12.3. The highest BCUT2D eigenvalue weighted by Gasteiger charge is 2.11. The smallest absolute Gasteiger partial charge is 0.231 e. The topological polar surface area (TPSA) is 72.0 Å². The van der Waals surface area contributed by atoms with Gasteiger partial charge in [0.2, 0.25) is 11.7 Å². The molecule has 1 N–H and O–H groups in total. The highest BCUT2D eigenvalue weighted by atomic mass is 16.5. The van der Waals surface area contributed by atoms with Crippen molar-refractivity contribution >= 4 is 0 Å². The number of phenols is 1. The Morgan fingerprint density at radius 2 is 2.15 bits per heavy atom. The Hall–Kier alpha value is -2.69. The van der Waals surface area contributed by atoms with Crippen molar-refractivity contribution in [1.29, 1.82) is 0 Å². The van der Waals surface area contributed by atoms with Crippen molar-refractivity contribution in [3.8, 4) is 17.1 Å². The van der Waals surface area contributed by atoms with Gasteiger partial charge in [0.1, 0.15) is 5.75 Å². The van der Waals surface area contributed by atoms with Crippen LogP contribution in [0.4, 0.5) is 0 Å². The lowest BCUT2D eigenvalue weighted by Crippen LogP contribution is -1.89.